The van der Waals surface area contributed by atoms with Crippen LogP contribution in [-0.4, -0.2) is 23.3 Å². The molecule has 106 valence electrons. The molecule has 2 aliphatic rings. The lowest BCUT2D eigenvalue weighted by molar-refractivity contribution is -0.0100. The Morgan fingerprint density at radius 2 is 1.67 bits per heavy atom. The minimum atomic E-state index is -0.418. The van der Waals surface area contributed by atoms with Crippen molar-refractivity contribution in [2.45, 2.75) is 77.4 Å². The van der Waals surface area contributed by atoms with Gasteiger partial charge in [-0.05, 0) is 62.7 Å². The molecule has 3 atom stereocenters. The highest BCUT2D eigenvalue weighted by Crippen LogP contribution is 2.33. The molecular weight excluding hydrogens is 222 g/mol. The summed E-state index contributed by atoms with van der Waals surface area (Å²) in [6.45, 7) is 7.86. The molecule has 0 spiro atoms. The normalized spacial score (nSPS) is 46.0. The second-order valence-electron chi connectivity index (χ2n) is 7.25. The van der Waals surface area contributed by atoms with Gasteiger partial charge in [-0.25, -0.2) is 0 Å². The molecule has 2 aliphatic carbocycles. The fourth-order valence-corrected chi connectivity index (χ4v) is 3.54. The van der Waals surface area contributed by atoms with Gasteiger partial charge in [0.05, 0.1) is 5.60 Å². The Balaban J connectivity index is 1.74. The van der Waals surface area contributed by atoms with E-state index in [1.807, 2.05) is 0 Å². The molecule has 0 saturated heterocycles. The van der Waals surface area contributed by atoms with Gasteiger partial charge in [-0.1, -0.05) is 20.8 Å². The summed E-state index contributed by atoms with van der Waals surface area (Å²) in [7, 11) is 0. The lowest BCUT2D eigenvalue weighted by Gasteiger charge is -2.38. The molecule has 0 aromatic carbocycles. The molecule has 2 heteroatoms. The Morgan fingerprint density at radius 1 is 1.00 bits per heavy atom. The SMILES string of the molecule is CC1CCC(O)(CNC2CCC(C)C(C)C2)CC1. The van der Waals surface area contributed by atoms with Crippen LogP contribution in [0.3, 0.4) is 0 Å². The van der Waals surface area contributed by atoms with Crippen LogP contribution in [-0.2, 0) is 0 Å². The van der Waals surface area contributed by atoms with Crippen molar-refractivity contribution in [3.63, 3.8) is 0 Å². The predicted molar refractivity (Wildman–Crippen MR) is 76.6 cm³/mol. The number of aliphatic hydroxyl groups is 1. The van der Waals surface area contributed by atoms with Crippen molar-refractivity contribution in [1.82, 2.24) is 5.32 Å². The van der Waals surface area contributed by atoms with Gasteiger partial charge in [0.1, 0.15) is 0 Å². The van der Waals surface area contributed by atoms with E-state index in [-0.39, 0.29) is 0 Å². The van der Waals surface area contributed by atoms with Crippen LogP contribution < -0.4 is 5.32 Å². The fraction of sp³-hybridized carbons (Fsp3) is 1.00. The van der Waals surface area contributed by atoms with Crippen LogP contribution in [0.2, 0.25) is 0 Å². The van der Waals surface area contributed by atoms with Crippen molar-refractivity contribution in [2.24, 2.45) is 17.8 Å². The third kappa shape index (κ3) is 3.71. The maximum atomic E-state index is 10.6. The van der Waals surface area contributed by atoms with Crippen molar-refractivity contribution < 1.29 is 5.11 Å². The largest absolute Gasteiger partial charge is 0.389 e. The molecule has 0 amide bonds. The summed E-state index contributed by atoms with van der Waals surface area (Å²) in [5, 5.41) is 14.2. The van der Waals surface area contributed by atoms with Crippen molar-refractivity contribution in [2.75, 3.05) is 6.54 Å². The van der Waals surface area contributed by atoms with Crippen LogP contribution >= 0.6 is 0 Å². The molecule has 0 heterocycles. The molecule has 0 bridgehead atoms. The first-order valence-corrected chi connectivity index (χ1v) is 7.94. The summed E-state index contributed by atoms with van der Waals surface area (Å²) >= 11 is 0. The van der Waals surface area contributed by atoms with Crippen molar-refractivity contribution >= 4 is 0 Å². The highest BCUT2D eigenvalue weighted by Gasteiger charge is 2.33. The quantitative estimate of drug-likeness (QED) is 0.808. The van der Waals surface area contributed by atoms with Gasteiger partial charge in [-0.2, -0.15) is 0 Å². The van der Waals surface area contributed by atoms with Gasteiger partial charge in [0.15, 0.2) is 0 Å². The van der Waals surface area contributed by atoms with E-state index in [9.17, 15) is 5.11 Å². The molecule has 2 fully saturated rings. The third-order valence-corrected chi connectivity index (χ3v) is 5.52. The van der Waals surface area contributed by atoms with E-state index in [4.69, 9.17) is 0 Å². The molecule has 2 rings (SSSR count). The van der Waals surface area contributed by atoms with E-state index in [0.717, 1.165) is 37.1 Å². The Kier molecular flexibility index (Phi) is 4.71. The van der Waals surface area contributed by atoms with Crippen molar-refractivity contribution in [1.29, 1.82) is 0 Å². The summed E-state index contributed by atoms with van der Waals surface area (Å²) in [6.07, 6.45) is 8.27. The van der Waals surface area contributed by atoms with E-state index in [1.54, 1.807) is 0 Å². The summed E-state index contributed by atoms with van der Waals surface area (Å²) < 4.78 is 0. The Morgan fingerprint density at radius 3 is 2.28 bits per heavy atom. The fourth-order valence-electron chi connectivity index (χ4n) is 3.54. The Bertz CT molecular complexity index is 258. The van der Waals surface area contributed by atoms with Gasteiger partial charge in [0.25, 0.3) is 0 Å². The van der Waals surface area contributed by atoms with Crippen LogP contribution in [0.25, 0.3) is 0 Å². The van der Waals surface area contributed by atoms with E-state index in [2.05, 4.69) is 26.1 Å². The minimum Gasteiger partial charge on any atom is -0.389 e. The summed E-state index contributed by atoms with van der Waals surface area (Å²) in [5.41, 5.74) is -0.418. The molecule has 0 aliphatic heterocycles. The van der Waals surface area contributed by atoms with Crippen molar-refractivity contribution in [3.05, 3.63) is 0 Å². The van der Waals surface area contributed by atoms with Gasteiger partial charge in [0, 0.05) is 12.6 Å². The molecule has 0 aromatic rings. The van der Waals surface area contributed by atoms with Crippen LogP contribution in [0.1, 0.15) is 65.7 Å². The molecule has 0 aromatic heterocycles. The van der Waals surface area contributed by atoms with Crippen LogP contribution in [0.4, 0.5) is 0 Å². The van der Waals surface area contributed by atoms with Gasteiger partial charge < -0.3 is 10.4 Å². The lowest BCUT2D eigenvalue weighted by Crippen LogP contribution is -2.48. The zero-order valence-electron chi connectivity index (χ0n) is 12.4. The van der Waals surface area contributed by atoms with E-state index >= 15 is 0 Å². The van der Waals surface area contributed by atoms with E-state index in [1.165, 1.54) is 32.1 Å². The molecular formula is C16H31NO. The highest BCUT2D eigenvalue weighted by molar-refractivity contribution is 4.89. The van der Waals surface area contributed by atoms with Crippen LogP contribution in [0.5, 0.6) is 0 Å². The standard InChI is InChI=1S/C16H31NO/c1-12-6-8-16(18,9-7-12)11-17-15-5-4-13(2)14(3)10-15/h12-15,17-18H,4-11H2,1-3H3. The summed E-state index contributed by atoms with van der Waals surface area (Å²) in [4.78, 5) is 0. The van der Waals surface area contributed by atoms with Gasteiger partial charge in [-0.15, -0.1) is 0 Å². The Hall–Kier alpha value is -0.0800. The second-order valence-corrected chi connectivity index (χ2v) is 7.25. The van der Waals surface area contributed by atoms with Gasteiger partial charge >= 0.3 is 0 Å². The zero-order valence-corrected chi connectivity index (χ0v) is 12.4. The molecule has 3 unspecified atom stereocenters. The molecule has 18 heavy (non-hydrogen) atoms. The minimum absolute atomic E-state index is 0.418. The van der Waals surface area contributed by atoms with Gasteiger partial charge in [-0.3, -0.25) is 0 Å². The molecule has 2 N–H and O–H groups in total. The first-order valence-electron chi connectivity index (χ1n) is 7.94. The van der Waals surface area contributed by atoms with E-state index < -0.39 is 5.60 Å². The second kappa shape index (κ2) is 5.92. The first-order chi connectivity index (χ1) is 8.48. The summed E-state index contributed by atoms with van der Waals surface area (Å²) in [5.74, 6) is 2.51. The maximum Gasteiger partial charge on any atom is 0.0771 e. The number of nitrogens with one attached hydrogen (secondary N) is 1. The zero-order chi connectivity index (χ0) is 13.2. The average Bonchev–Trinajstić information content (AvgIpc) is 2.35. The van der Waals surface area contributed by atoms with Crippen molar-refractivity contribution in [3.8, 4) is 0 Å². The molecule has 0 radical (unpaired) electrons. The average molecular weight is 253 g/mol. The number of hydrogen-bond donors (Lipinski definition) is 2. The number of hydrogen-bond acceptors (Lipinski definition) is 2. The van der Waals surface area contributed by atoms with Crippen LogP contribution in [0, 0.1) is 17.8 Å². The lowest BCUT2D eigenvalue weighted by atomic mass is 9.77. The Labute approximate surface area is 113 Å². The predicted octanol–water partition coefficient (Wildman–Crippen LogP) is 3.34. The number of rotatable bonds is 3. The summed E-state index contributed by atoms with van der Waals surface area (Å²) in [6, 6.07) is 0.638. The molecule has 2 nitrogen and oxygen atoms in total. The maximum absolute atomic E-state index is 10.6. The highest BCUT2D eigenvalue weighted by atomic mass is 16.3. The van der Waals surface area contributed by atoms with Crippen LogP contribution in [0.15, 0.2) is 0 Å². The topological polar surface area (TPSA) is 32.3 Å². The van der Waals surface area contributed by atoms with E-state index in [0.29, 0.717) is 6.04 Å². The first kappa shape index (κ1) is 14.3. The van der Waals surface area contributed by atoms with Gasteiger partial charge in [0.2, 0.25) is 0 Å². The third-order valence-electron chi connectivity index (χ3n) is 5.52. The smallest absolute Gasteiger partial charge is 0.0771 e. The molecule has 2 saturated carbocycles. The monoisotopic (exact) mass is 253 g/mol.